The van der Waals surface area contributed by atoms with Gasteiger partial charge < -0.3 is 10.1 Å². The molecule has 0 unspecified atom stereocenters. The highest BCUT2D eigenvalue weighted by atomic mass is 16.6. The number of nitro groups is 1. The van der Waals surface area contributed by atoms with Crippen LogP contribution in [0.3, 0.4) is 0 Å². The lowest BCUT2D eigenvalue weighted by Gasteiger charge is -2.16. The van der Waals surface area contributed by atoms with Crippen LogP contribution in [0.15, 0.2) is 12.3 Å². The molecule has 1 N–H and O–H groups in total. The first kappa shape index (κ1) is 15.2. The van der Waals surface area contributed by atoms with E-state index in [1.807, 2.05) is 0 Å². The van der Waals surface area contributed by atoms with Gasteiger partial charge in [0.05, 0.1) is 17.6 Å². The normalized spacial score (nSPS) is 16.0. The Balaban J connectivity index is 2.21. The molecule has 0 aliphatic heterocycles. The molecule has 21 heavy (non-hydrogen) atoms. The van der Waals surface area contributed by atoms with Gasteiger partial charge in [-0.2, -0.15) is 0 Å². The summed E-state index contributed by atoms with van der Waals surface area (Å²) < 4.78 is 4.56. The van der Waals surface area contributed by atoms with Crippen LogP contribution in [0.2, 0.25) is 0 Å². The Labute approximate surface area is 122 Å². The highest BCUT2D eigenvalue weighted by molar-refractivity contribution is 5.90. The molecule has 0 bridgehead atoms. The van der Waals surface area contributed by atoms with Crippen molar-refractivity contribution in [1.29, 1.82) is 0 Å². The zero-order valence-electron chi connectivity index (χ0n) is 12.0. The second-order valence-corrected chi connectivity index (χ2v) is 5.17. The maximum Gasteiger partial charge on any atom is 0.339 e. The van der Waals surface area contributed by atoms with E-state index in [0.717, 1.165) is 25.7 Å². The molecule has 1 saturated carbocycles. The fourth-order valence-electron chi connectivity index (χ4n) is 2.55. The SMILES string of the molecule is COC(=O)c1cnc(NC2CCCCCC2)c([N+](=O)[O-])c1. The summed E-state index contributed by atoms with van der Waals surface area (Å²) in [5, 5.41) is 14.3. The van der Waals surface area contributed by atoms with E-state index >= 15 is 0 Å². The zero-order valence-corrected chi connectivity index (χ0v) is 12.0. The summed E-state index contributed by atoms with van der Waals surface area (Å²) in [7, 11) is 1.23. The van der Waals surface area contributed by atoms with Gasteiger partial charge in [-0.3, -0.25) is 10.1 Å². The second kappa shape index (κ2) is 7.01. The Kier molecular flexibility index (Phi) is 5.08. The van der Waals surface area contributed by atoms with Crippen LogP contribution in [0.5, 0.6) is 0 Å². The third-order valence-corrected chi connectivity index (χ3v) is 3.68. The number of carbonyl (C=O) groups excluding carboxylic acids is 1. The molecule has 7 nitrogen and oxygen atoms in total. The van der Waals surface area contributed by atoms with E-state index in [9.17, 15) is 14.9 Å². The Bertz CT molecular complexity index is 525. The van der Waals surface area contributed by atoms with Crippen LogP contribution >= 0.6 is 0 Å². The summed E-state index contributed by atoms with van der Waals surface area (Å²) in [6, 6.07) is 1.40. The van der Waals surface area contributed by atoms with Gasteiger partial charge in [0.15, 0.2) is 0 Å². The molecule has 7 heteroatoms. The molecule has 0 aromatic carbocycles. The summed E-state index contributed by atoms with van der Waals surface area (Å²) in [4.78, 5) is 26.1. The van der Waals surface area contributed by atoms with Crippen molar-refractivity contribution in [3.8, 4) is 0 Å². The quantitative estimate of drug-likeness (QED) is 0.397. The van der Waals surface area contributed by atoms with E-state index in [1.54, 1.807) is 0 Å². The lowest BCUT2D eigenvalue weighted by molar-refractivity contribution is -0.384. The highest BCUT2D eigenvalue weighted by Gasteiger charge is 2.22. The fourth-order valence-corrected chi connectivity index (χ4v) is 2.55. The number of aromatic nitrogens is 1. The number of carbonyl (C=O) groups is 1. The number of nitrogens with one attached hydrogen (secondary N) is 1. The molecule has 0 atom stereocenters. The smallest absolute Gasteiger partial charge is 0.339 e. The first-order chi connectivity index (χ1) is 10.1. The van der Waals surface area contributed by atoms with E-state index in [1.165, 1.54) is 32.2 Å². The second-order valence-electron chi connectivity index (χ2n) is 5.17. The van der Waals surface area contributed by atoms with Crippen molar-refractivity contribution in [3.63, 3.8) is 0 Å². The van der Waals surface area contributed by atoms with Crippen molar-refractivity contribution in [2.75, 3.05) is 12.4 Å². The number of rotatable bonds is 4. The van der Waals surface area contributed by atoms with Crippen LogP contribution in [0.25, 0.3) is 0 Å². The minimum absolute atomic E-state index is 0.0793. The number of ether oxygens (including phenoxy) is 1. The standard InChI is InChI=1S/C14H19N3O4/c1-21-14(18)10-8-12(17(19)20)13(15-9-10)16-11-6-4-2-3-5-7-11/h8-9,11H,2-7H2,1H3,(H,15,16). The predicted octanol–water partition coefficient (Wildman–Crippen LogP) is 2.91. The third-order valence-electron chi connectivity index (χ3n) is 3.68. The van der Waals surface area contributed by atoms with Crippen LogP contribution in [0, 0.1) is 10.1 Å². The van der Waals surface area contributed by atoms with Crippen molar-refractivity contribution < 1.29 is 14.5 Å². The number of hydrogen-bond donors (Lipinski definition) is 1. The third kappa shape index (κ3) is 3.90. The molecule has 2 rings (SSSR count). The van der Waals surface area contributed by atoms with E-state index in [-0.39, 0.29) is 23.1 Å². The number of nitrogens with zero attached hydrogens (tertiary/aromatic N) is 2. The van der Waals surface area contributed by atoms with Gasteiger partial charge in [-0.15, -0.1) is 0 Å². The van der Waals surface area contributed by atoms with Gasteiger partial charge in [-0.1, -0.05) is 25.7 Å². The number of methoxy groups -OCH3 is 1. The minimum atomic E-state index is -0.633. The largest absolute Gasteiger partial charge is 0.465 e. The number of pyridine rings is 1. The predicted molar refractivity (Wildman–Crippen MR) is 77.3 cm³/mol. The summed E-state index contributed by atoms with van der Waals surface area (Å²) in [5.74, 6) is -0.411. The van der Waals surface area contributed by atoms with Crippen LogP contribution in [-0.2, 0) is 4.74 Å². The molecule has 0 saturated heterocycles. The molecule has 114 valence electrons. The average molecular weight is 293 g/mol. The van der Waals surface area contributed by atoms with Gasteiger partial charge in [0, 0.05) is 18.3 Å². The van der Waals surface area contributed by atoms with Gasteiger partial charge in [0.25, 0.3) is 0 Å². The summed E-state index contributed by atoms with van der Waals surface area (Å²) in [6.07, 6.45) is 7.91. The number of anilines is 1. The number of hydrogen-bond acceptors (Lipinski definition) is 6. The van der Waals surface area contributed by atoms with Crippen molar-refractivity contribution in [2.45, 2.75) is 44.6 Å². The van der Waals surface area contributed by atoms with E-state index in [4.69, 9.17) is 0 Å². The highest BCUT2D eigenvalue weighted by Crippen LogP contribution is 2.27. The molecule has 1 aliphatic rings. The minimum Gasteiger partial charge on any atom is -0.465 e. The topological polar surface area (TPSA) is 94.4 Å². The molecule has 0 spiro atoms. The zero-order chi connectivity index (χ0) is 15.2. The fraction of sp³-hybridized carbons (Fsp3) is 0.571. The maximum atomic E-state index is 11.4. The van der Waals surface area contributed by atoms with E-state index in [2.05, 4.69) is 15.0 Å². The van der Waals surface area contributed by atoms with Crippen molar-refractivity contribution in [2.24, 2.45) is 0 Å². The molecular weight excluding hydrogens is 274 g/mol. The number of esters is 1. The van der Waals surface area contributed by atoms with Crippen molar-refractivity contribution in [3.05, 3.63) is 27.9 Å². The first-order valence-electron chi connectivity index (χ1n) is 7.11. The van der Waals surface area contributed by atoms with Gasteiger partial charge in [-0.05, 0) is 12.8 Å². The lowest BCUT2D eigenvalue weighted by atomic mass is 10.1. The van der Waals surface area contributed by atoms with Crippen molar-refractivity contribution in [1.82, 2.24) is 4.98 Å². The molecule has 1 aromatic heterocycles. The average Bonchev–Trinajstić information content (AvgIpc) is 2.75. The summed E-state index contributed by atoms with van der Waals surface area (Å²) in [6.45, 7) is 0. The monoisotopic (exact) mass is 293 g/mol. The lowest BCUT2D eigenvalue weighted by Crippen LogP contribution is -2.20. The van der Waals surface area contributed by atoms with Gasteiger partial charge in [-0.25, -0.2) is 9.78 Å². The molecule has 1 heterocycles. The Morgan fingerprint density at radius 3 is 2.62 bits per heavy atom. The summed E-state index contributed by atoms with van der Waals surface area (Å²) in [5.41, 5.74) is -0.113. The van der Waals surface area contributed by atoms with Crippen LogP contribution in [0.1, 0.15) is 48.9 Å². The van der Waals surface area contributed by atoms with Gasteiger partial charge >= 0.3 is 11.7 Å². The van der Waals surface area contributed by atoms with E-state index in [0.29, 0.717) is 0 Å². The first-order valence-corrected chi connectivity index (χ1v) is 7.11. The van der Waals surface area contributed by atoms with Crippen LogP contribution < -0.4 is 5.32 Å². The maximum absolute atomic E-state index is 11.4. The molecular formula is C14H19N3O4. The Morgan fingerprint density at radius 2 is 2.05 bits per heavy atom. The Morgan fingerprint density at radius 1 is 1.38 bits per heavy atom. The molecule has 1 aromatic rings. The van der Waals surface area contributed by atoms with E-state index < -0.39 is 10.9 Å². The molecule has 1 fully saturated rings. The van der Waals surface area contributed by atoms with Gasteiger partial charge in [0.1, 0.15) is 0 Å². The van der Waals surface area contributed by atoms with Crippen LogP contribution in [0.4, 0.5) is 11.5 Å². The molecule has 0 radical (unpaired) electrons. The molecule has 1 aliphatic carbocycles. The Hall–Kier alpha value is -2.18. The van der Waals surface area contributed by atoms with Gasteiger partial charge in [0.2, 0.25) is 5.82 Å². The summed E-state index contributed by atoms with van der Waals surface area (Å²) >= 11 is 0. The van der Waals surface area contributed by atoms with Crippen LogP contribution in [-0.4, -0.2) is 29.0 Å². The molecule has 0 amide bonds. The van der Waals surface area contributed by atoms with Crippen molar-refractivity contribution >= 4 is 17.5 Å².